The molecule has 1 saturated carbocycles. The smallest absolute Gasteiger partial charge is 0.233 e. The standard InChI is InChI=1S/C17H26N2OS/c1-3-19(14-7-5-4-6-8-14)17(20)12-21-16-10-9-13(2)11-15(16)18/h9-11,14H,3-8,12,18H2,1-2H3. The van der Waals surface area contributed by atoms with Gasteiger partial charge in [-0.05, 0) is 44.4 Å². The zero-order valence-corrected chi connectivity index (χ0v) is 13.9. The van der Waals surface area contributed by atoms with E-state index in [-0.39, 0.29) is 5.91 Å². The van der Waals surface area contributed by atoms with Gasteiger partial charge in [0.05, 0.1) is 5.75 Å². The molecule has 1 aromatic rings. The number of nitrogen functional groups attached to an aromatic ring is 1. The van der Waals surface area contributed by atoms with Crippen molar-refractivity contribution in [2.24, 2.45) is 0 Å². The summed E-state index contributed by atoms with van der Waals surface area (Å²) in [7, 11) is 0. The lowest BCUT2D eigenvalue weighted by Crippen LogP contribution is -2.42. The van der Waals surface area contributed by atoms with Crippen LogP contribution in [0.3, 0.4) is 0 Å². The van der Waals surface area contributed by atoms with Crippen molar-refractivity contribution in [2.75, 3.05) is 18.0 Å². The van der Waals surface area contributed by atoms with Gasteiger partial charge in [-0.1, -0.05) is 25.3 Å². The third kappa shape index (κ3) is 4.40. The van der Waals surface area contributed by atoms with Crippen molar-refractivity contribution in [3.05, 3.63) is 23.8 Å². The highest BCUT2D eigenvalue weighted by atomic mass is 32.2. The van der Waals surface area contributed by atoms with Gasteiger partial charge >= 0.3 is 0 Å². The first kappa shape index (κ1) is 16.2. The molecule has 0 atom stereocenters. The number of hydrogen-bond donors (Lipinski definition) is 1. The van der Waals surface area contributed by atoms with Crippen LogP contribution < -0.4 is 5.73 Å². The molecule has 0 saturated heterocycles. The molecule has 21 heavy (non-hydrogen) atoms. The Morgan fingerprint density at radius 2 is 2.05 bits per heavy atom. The maximum Gasteiger partial charge on any atom is 0.233 e. The van der Waals surface area contributed by atoms with Crippen LogP contribution in [0.2, 0.25) is 0 Å². The lowest BCUT2D eigenvalue weighted by atomic mass is 9.94. The first-order valence-corrected chi connectivity index (χ1v) is 8.88. The van der Waals surface area contributed by atoms with Crippen molar-refractivity contribution in [3.63, 3.8) is 0 Å². The van der Waals surface area contributed by atoms with Gasteiger partial charge in [-0.25, -0.2) is 0 Å². The van der Waals surface area contributed by atoms with Crippen LogP contribution in [0.1, 0.15) is 44.6 Å². The second-order valence-electron chi connectivity index (χ2n) is 5.80. The maximum absolute atomic E-state index is 12.5. The SMILES string of the molecule is CCN(C(=O)CSc1ccc(C)cc1N)C1CCCCC1. The minimum atomic E-state index is 0.245. The molecule has 3 nitrogen and oxygen atoms in total. The topological polar surface area (TPSA) is 46.3 Å². The van der Waals surface area contributed by atoms with Crippen LogP contribution in [-0.2, 0) is 4.79 Å². The highest BCUT2D eigenvalue weighted by Gasteiger charge is 2.23. The summed E-state index contributed by atoms with van der Waals surface area (Å²) in [5.41, 5.74) is 7.94. The summed E-state index contributed by atoms with van der Waals surface area (Å²) in [5, 5.41) is 0. The van der Waals surface area contributed by atoms with Crippen molar-refractivity contribution in [1.82, 2.24) is 4.90 Å². The number of nitrogens with two attached hydrogens (primary N) is 1. The van der Waals surface area contributed by atoms with E-state index in [2.05, 4.69) is 11.8 Å². The van der Waals surface area contributed by atoms with Crippen LogP contribution in [0, 0.1) is 6.92 Å². The summed E-state index contributed by atoms with van der Waals surface area (Å²) in [6.07, 6.45) is 6.16. The molecule has 0 heterocycles. The number of amides is 1. The minimum Gasteiger partial charge on any atom is -0.398 e. The van der Waals surface area contributed by atoms with Gasteiger partial charge in [0.15, 0.2) is 0 Å². The van der Waals surface area contributed by atoms with Crippen LogP contribution in [0.15, 0.2) is 23.1 Å². The quantitative estimate of drug-likeness (QED) is 0.664. The van der Waals surface area contributed by atoms with Crippen LogP contribution in [0.4, 0.5) is 5.69 Å². The summed E-state index contributed by atoms with van der Waals surface area (Å²) in [6, 6.07) is 6.47. The van der Waals surface area contributed by atoms with E-state index in [4.69, 9.17) is 5.73 Å². The number of nitrogens with zero attached hydrogens (tertiary/aromatic N) is 1. The molecule has 1 aliphatic rings. The van der Waals surface area contributed by atoms with Gasteiger partial charge in [0, 0.05) is 23.2 Å². The molecule has 0 aromatic heterocycles. The molecular weight excluding hydrogens is 280 g/mol. The summed E-state index contributed by atoms with van der Waals surface area (Å²) in [5.74, 6) is 0.729. The number of carbonyl (C=O) groups excluding carboxylic acids is 1. The second kappa shape index (κ2) is 7.74. The summed E-state index contributed by atoms with van der Waals surface area (Å²) >= 11 is 1.56. The highest BCUT2D eigenvalue weighted by molar-refractivity contribution is 8.00. The van der Waals surface area contributed by atoms with Crippen LogP contribution in [0.25, 0.3) is 0 Å². The summed E-state index contributed by atoms with van der Waals surface area (Å²) in [6.45, 7) is 4.92. The van der Waals surface area contributed by atoms with E-state index in [1.54, 1.807) is 11.8 Å². The van der Waals surface area contributed by atoms with Crippen molar-refractivity contribution >= 4 is 23.4 Å². The molecule has 0 bridgehead atoms. The lowest BCUT2D eigenvalue weighted by molar-refractivity contribution is -0.131. The van der Waals surface area contributed by atoms with Crippen LogP contribution in [0.5, 0.6) is 0 Å². The Balaban J connectivity index is 1.92. The molecule has 0 spiro atoms. The molecule has 1 aromatic carbocycles. The summed E-state index contributed by atoms with van der Waals surface area (Å²) < 4.78 is 0. The molecular formula is C17H26N2OS. The number of anilines is 1. The Labute approximate surface area is 132 Å². The molecule has 0 aliphatic heterocycles. The van der Waals surface area contributed by atoms with E-state index in [9.17, 15) is 4.79 Å². The Kier molecular flexibility index (Phi) is 5.97. The van der Waals surface area contributed by atoms with E-state index in [1.165, 1.54) is 19.3 Å². The van der Waals surface area contributed by atoms with E-state index in [0.717, 1.165) is 35.5 Å². The second-order valence-corrected chi connectivity index (χ2v) is 6.82. The Hall–Kier alpha value is -1.16. The molecule has 1 amide bonds. The van der Waals surface area contributed by atoms with Gasteiger partial charge in [-0.2, -0.15) is 0 Å². The van der Waals surface area contributed by atoms with Gasteiger partial charge in [-0.3, -0.25) is 4.79 Å². The first-order chi connectivity index (χ1) is 10.1. The molecule has 0 unspecified atom stereocenters. The maximum atomic E-state index is 12.5. The monoisotopic (exact) mass is 306 g/mol. The zero-order valence-electron chi connectivity index (χ0n) is 13.1. The van der Waals surface area contributed by atoms with E-state index >= 15 is 0 Å². The number of hydrogen-bond acceptors (Lipinski definition) is 3. The number of aryl methyl sites for hydroxylation is 1. The Morgan fingerprint density at radius 1 is 1.33 bits per heavy atom. The van der Waals surface area contributed by atoms with E-state index in [1.807, 2.05) is 25.1 Å². The van der Waals surface area contributed by atoms with Crippen molar-refractivity contribution < 1.29 is 4.79 Å². The van der Waals surface area contributed by atoms with E-state index in [0.29, 0.717) is 11.8 Å². The predicted molar refractivity (Wildman–Crippen MR) is 90.6 cm³/mol. The molecule has 0 radical (unpaired) electrons. The molecule has 116 valence electrons. The van der Waals surface area contributed by atoms with Crippen LogP contribution >= 0.6 is 11.8 Å². The Bertz CT molecular complexity index is 484. The normalized spacial score (nSPS) is 15.9. The largest absolute Gasteiger partial charge is 0.398 e. The lowest BCUT2D eigenvalue weighted by Gasteiger charge is -2.33. The summed E-state index contributed by atoms with van der Waals surface area (Å²) in [4.78, 5) is 15.6. The number of carbonyl (C=O) groups is 1. The fourth-order valence-corrected chi connectivity index (χ4v) is 3.89. The third-order valence-corrected chi connectivity index (χ3v) is 5.27. The highest BCUT2D eigenvalue weighted by Crippen LogP contribution is 2.27. The number of rotatable bonds is 5. The fourth-order valence-electron chi connectivity index (χ4n) is 3.05. The van der Waals surface area contributed by atoms with Gasteiger partial charge in [0.1, 0.15) is 0 Å². The molecule has 4 heteroatoms. The third-order valence-electron chi connectivity index (χ3n) is 4.19. The van der Waals surface area contributed by atoms with Gasteiger partial charge in [0.25, 0.3) is 0 Å². The van der Waals surface area contributed by atoms with Gasteiger partial charge in [0.2, 0.25) is 5.91 Å². The average Bonchev–Trinajstić information content (AvgIpc) is 2.48. The van der Waals surface area contributed by atoms with Gasteiger partial charge in [-0.15, -0.1) is 11.8 Å². The first-order valence-electron chi connectivity index (χ1n) is 7.90. The van der Waals surface area contributed by atoms with Crippen molar-refractivity contribution in [1.29, 1.82) is 0 Å². The molecule has 2 rings (SSSR count). The predicted octanol–water partition coefficient (Wildman–Crippen LogP) is 3.85. The van der Waals surface area contributed by atoms with Crippen LogP contribution in [-0.4, -0.2) is 29.1 Å². The number of benzene rings is 1. The minimum absolute atomic E-state index is 0.245. The molecule has 1 aliphatic carbocycles. The van der Waals surface area contributed by atoms with Crippen molar-refractivity contribution in [3.8, 4) is 0 Å². The number of thioether (sulfide) groups is 1. The molecule has 1 fully saturated rings. The fraction of sp³-hybridized carbons (Fsp3) is 0.588. The zero-order chi connectivity index (χ0) is 15.2. The molecule has 2 N–H and O–H groups in total. The average molecular weight is 306 g/mol. The van der Waals surface area contributed by atoms with E-state index < -0.39 is 0 Å². The Morgan fingerprint density at radius 3 is 2.67 bits per heavy atom. The van der Waals surface area contributed by atoms with Gasteiger partial charge < -0.3 is 10.6 Å². The van der Waals surface area contributed by atoms with Crippen molar-refractivity contribution in [2.45, 2.75) is 56.9 Å².